The van der Waals surface area contributed by atoms with Crippen LogP contribution in [0, 0.1) is 0 Å². The van der Waals surface area contributed by atoms with E-state index >= 15 is 0 Å². The van der Waals surface area contributed by atoms with Crippen molar-refractivity contribution in [3.8, 4) is 0 Å². The zero-order valence-electron chi connectivity index (χ0n) is 3.66. The van der Waals surface area contributed by atoms with E-state index in [1.165, 1.54) is 0 Å². The Labute approximate surface area is 66.5 Å². The van der Waals surface area contributed by atoms with Gasteiger partial charge in [-0.05, 0) is 0 Å². The molecule has 64 valence electrons. The van der Waals surface area contributed by atoms with Crippen molar-refractivity contribution in [2.75, 3.05) is 0 Å². The van der Waals surface area contributed by atoms with Gasteiger partial charge in [0.2, 0.25) is 0 Å². The molecule has 0 N–H and O–H groups in total. The third-order valence-corrected chi connectivity index (χ3v) is 0. The number of rotatable bonds is 0. The minimum absolute atomic E-state index is 0. The van der Waals surface area contributed by atoms with E-state index in [-0.39, 0.29) is 66.2 Å². The summed E-state index contributed by atoms with van der Waals surface area (Å²) in [6.07, 6.45) is 0. The summed E-state index contributed by atoms with van der Waals surface area (Å²) in [4.78, 5) is 0. The van der Waals surface area contributed by atoms with Crippen LogP contribution in [-0.4, -0.2) is 24.4 Å². The molecule has 0 rings (SSSR count). The van der Waals surface area contributed by atoms with Gasteiger partial charge in [0.05, 0.1) is 0 Å². The van der Waals surface area contributed by atoms with Crippen LogP contribution in [0.5, 0.6) is 0 Å². The summed E-state index contributed by atoms with van der Waals surface area (Å²) in [5.41, 5.74) is 0. The molecule has 8 heavy (non-hydrogen) atoms. The molecule has 0 nitrogen and oxygen atoms in total. The first-order valence-electron chi connectivity index (χ1n) is 0. The predicted octanol–water partition coefficient (Wildman–Crippen LogP) is -0.156. The maximum absolute atomic E-state index is 0. The van der Waals surface area contributed by atoms with Crippen LogP contribution in [0.3, 0.4) is 0 Å². The average Bonchev–Trinajstić information content (AvgIpc) is 0. The monoisotopic (exact) mass is 278 g/mol. The predicted molar refractivity (Wildman–Crippen MR) is 35.3 cm³/mol. The first-order valence-corrected chi connectivity index (χ1v) is 0. The van der Waals surface area contributed by atoms with Gasteiger partial charge >= 0.3 is 24.4 Å². The fraction of sp³-hybridized carbons (Fsp3) is 0. The second kappa shape index (κ2) is 630. The van der Waals surface area contributed by atoms with Crippen LogP contribution in [0.25, 0.3) is 0 Å². The van der Waals surface area contributed by atoms with E-state index in [0.717, 1.165) is 0 Å². The molecule has 0 aromatic heterocycles. The Hall–Kier alpha value is 0.748. The molecule has 0 saturated heterocycles. The zero-order valence-corrected chi connectivity index (χ0v) is 8.69. The summed E-state index contributed by atoms with van der Waals surface area (Å²) in [5, 5.41) is 0. The second-order valence-electron chi connectivity index (χ2n) is 0. The van der Waals surface area contributed by atoms with Crippen molar-refractivity contribution < 1.29 is 28.2 Å². The van der Waals surface area contributed by atoms with Crippen molar-refractivity contribution in [2.24, 2.45) is 0 Å². The summed E-state index contributed by atoms with van der Waals surface area (Å²) in [7, 11) is 0. The summed E-state index contributed by atoms with van der Waals surface area (Å²) in [5.74, 6) is 0. The van der Waals surface area contributed by atoms with E-state index in [2.05, 4.69) is 0 Å². The van der Waals surface area contributed by atoms with E-state index in [1.54, 1.807) is 0 Å². The Kier molecular flexibility index (Phi) is 73900. The van der Waals surface area contributed by atoms with E-state index in [9.17, 15) is 0 Å². The van der Waals surface area contributed by atoms with E-state index in [0.29, 0.717) is 0 Å². The quantitative estimate of drug-likeness (QED) is 0.427. The first-order chi connectivity index (χ1) is 0. The third-order valence-electron chi connectivity index (χ3n) is 0. The molecule has 8 heteroatoms. The van der Waals surface area contributed by atoms with Crippen molar-refractivity contribution in [1.29, 1.82) is 0 Å². The number of halogens is 6. The molecule has 0 heterocycles. The molecule has 0 aliphatic rings. The normalized spacial score (nSPS) is 0. The van der Waals surface area contributed by atoms with Crippen molar-refractivity contribution in [2.45, 2.75) is 0 Å². The molecule has 0 spiro atoms. The number of hydrogen-bond acceptors (Lipinski definition) is 0. The van der Waals surface area contributed by atoms with Crippen LogP contribution in [0.1, 0.15) is 0 Å². The molecule has 0 atom stereocenters. The minimum atomic E-state index is 0. The molecule has 0 fully saturated rings. The molecule has 0 unspecified atom stereocenters. The van der Waals surface area contributed by atoms with Crippen molar-refractivity contribution in [3.05, 3.63) is 0 Å². The molecule has 0 amide bonds. The third kappa shape index (κ3) is 398. The van der Waals surface area contributed by atoms with Crippen LogP contribution in [0.2, 0.25) is 0 Å². The van der Waals surface area contributed by atoms with Crippen LogP contribution in [-0.2, 0) is 0 Å². The summed E-state index contributed by atoms with van der Waals surface area (Å²) >= 11 is 0. The summed E-state index contributed by atoms with van der Waals surface area (Å²) < 4.78 is 0. The maximum atomic E-state index is 0. The van der Waals surface area contributed by atoms with Gasteiger partial charge in [0.25, 0.3) is 0 Å². The van der Waals surface area contributed by atoms with Gasteiger partial charge in [-0.3, -0.25) is 28.2 Å². The molecular formula is H11F6SSb. The standard InChI is InChI=1S/6FH.H2S.Sb.3H/h6*1H;1H2;;;;. The Balaban J connectivity index is 0. The topological polar surface area (TPSA) is 0 Å². The Morgan fingerprint density at radius 1 is 0.375 bits per heavy atom. The van der Waals surface area contributed by atoms with Gasteiger partial charge < -0.3 is 0 Å². The Bertz CT molecular complexity index is 8.49. The van der Waals surface area contributed by atoms with Crippen molar-refractivity contribution in [3.63, 3.8) is 0 Å². The summed E-state index contributed by atoms with van der Waals surface area (Å²) in [6.45, 7) is 0. The molecule has 0 aromatic rings. The second-order valence-corrected chi connectivity index (χ2v) is 0. The molecule has 0 aliphatic carbocycles. The van der Waals surface area contributed by atoms with Crippen LogP contribution >= 0.6 is 13.5 Å². The molecular weight excluding hydrogens is 268 g/mol. The fourth-order valence-electron chi connectivity index (χ4n) is 0. The van der Waals surface area contributed by atoms with Gasteiger partial charge in [-0.2, -0.15) is 13.5 Å². The van der Waals surface area contributed by atoms with Gasteiger partial charge in [0.15, 0.2) is 0 Å². The molecule has 0 aromatic carbocycles. The van der Waals surface area contributed by atoms with Crippen molar-refractivity contribution in [1.82, 2.24) is 0 Å². The first kappa shape index (κ1) is 938. The van der Waals surface area contributed by atoms with Gasteiger partial charge in [-0.25, -0.2) is 0 Å². The van der Waals surface area contributed by atoms with Gasteiger partial charge in [0.1, 0.15) is 0 Å². The van der Waals surface area contributed by atoms with Gasteiger partial charge in [-0.1, -0.05) is 0 Å². The molecule has 0 saturated carbocycles. The van der Waals surface area contributed by atoms with Crippen LogP contribution in [0.4, 0.5) is 28.2 Å². The van der Waals surface area contributed by atoms with E-state index in [4.69, 9.17) is 0 Å². The molecule has 0 bridgehead atoms. The van der Waals surface area contributed by atoms with Gasteiger partial charge in [0, 0.05) is 0 Å². The number of hydrogen-bond donors (Lipinski definition) is 0. The Morgan fingerprint density at radius 2 is 0.375 bits per heavy atom. The average molecular weight is 279 g/mol. The SMILES string of the molecule is F.F.F.F.F.F.S.[SbH3]. The summed E-state index contributed by atoms with van der Waals surface area (Å²) in [6, 6.07) is 0. The molecule has 0 aliphatic heterocycles. The fourth-order valence-corrected chi connectivity index (χ4v) is 0. The van der Waals surface area contributed by atoms with Gasteiger partial charge in [-0.15, -0.1) is 0 Å². The molecule has 0 radical (unpaired) electrons. The van der Waals surface area contributed by atoms with Crippen LogP contribution in [0.15, 0.2) is 0 Å². The zero-order chi connectivity index (χ0) is 0. The van der Waals surface area contributed by atoms with E-state index < -0.39 is 0 Å². The van der Waals surface area contributed by atoms with E-state index in [1.807, 2.05) is 0 Å². The Morgan fingerprint density at radius 3 is 0.375 bits per heavy atom. The van der Waals surface area contributed by atoms with Crippen LogP contribution < -0.4 is 0 Å². The van der Waals surface area contributed by atoms with Crippen molar-refractivity contribution >= 4 is 37.9 Å².